The first kappa shape index (κ1) is 11.9. The lowest BCUT2D eigenvalue weighted by atomic mass is 10.1. The lowest BCUT2D eigenvalue weighted by Gasteiger charge is -2.40. The van der Waals surface area contributed by atoms with E-state index in [1.807, 2.05) is 31.3 Å². The second-order valence-corrected chi connectivity index (χ2v) is 4.39. The number of aliphatic hydroxyl groups excluding tert-OH is 1. The number of nitriles is 1. The number of aliphatic hydroxyl groups is 1. The SMILES string of the molecule is CN1CCN(c2ccccc2C#N)CC1CO. The molecule has 2 rings (SSSR count). The molecule has 90 valence electrons. The first-order valence-electron chi connectivity index (χ1n) is 5.81. The summed E-state index contributed by atoms with van der Waals surface area (Å²) in [4.78, 5) is 4.34. The van der Waals surface area contributed by atoms with Gasteiger partial charge in [0, 0.05) is 19.6 Å². The predicted molar refractivity (Wildman–Crippen MR) is 66.9 cm³/mol. The first-order valence-corrected chi connectivity index (χ1v) is 5.81. The fraction of sp³-hybridized carbons (Fsp3) is 0.462. The summed E-state index contributed by atoms with van der Waals surface area (Å²) < 4.78 is 0. The highest BCUT2D eigenvalue weighted by molar-refractivity contribution is 5.59. The van der Waals surface area contributed by atoms with Crippen molar-refractivity contribution in [3.63, 3.8) is 0 Å². The largest absolute Gasteiger partial charge is 0.395 e. The second-order valence-electron chi connectivity index (χ2n) is 4.39. The van der Waals surface area contributed by atoms with Crippen molar-refractivity contribution in [1.82, 2.24) is 4.90 Å². The molecule has 1 fully saturated rings. The molecule has 0 spiro atoms. The molecule has 17 heavy (non-hydrogen) atoms. The first-order chi connectivity index (χ1) is 8.26. The van der Waals surface area contributed by atoms with Gasteiger partial charge in [-0.15, -0.1) is 0 Å². The van der Waals surface area contributed by atoms with E-state index >= 15 is 0 Å². The van der Waals surface area contributed by atoms with E-state index in [9.17, 15) is 5.11 Å². The third-order valence-corrected chi connectivity index (χ3v) is 3.35. The van der Waals surface area contributed by atoms with Crippen LogP contribution in [0.15, 0.2) is 24.3 Å². The van der Waals surface area contributed by atoms with Crippen LogP contribution in [0.1, 0.15) is 5.56 Å². The van der Waals surface area contributed by atoms with E-state index < -0.39 is 0 Å². The monoisotopic (exact) mass is 231 g/mol. The zero-order chi connectivity index (χ0) is 12.3. The number of para-hydroxylation sites is 1. The van der Waals surface area contributed by atoms with Crippen LogP contribution in [0, 0.1) is 11.3 Å². The summed E-state index contributed by atoms with van der Waals surface area (Å²) in [6.07, 6.45) is 0. The summed E-state index contributed by atoms with van der Waals surface area (Å²) in [5.74, 6) is 0. The van der Waals surface area contributed by atoms with Crippen LogP contribution < -0.4 is 4.90 Å². The van der Waals surface area contributed by atoms with Crippen LogP contribution in [0.4, 0.5) is 5.69 Å². The molecule has 1 atom stereocenters. The summed E-state index contributed by atoms with van der Waals surface area (Å²) in [7, 11) is 2.02. The van der Waals surface area contributed by atoms with Gasteiger partial charge >= 0.3 is 0 Å². The molecule has 0 bridgehead atoms. The number of hydrogen-bond donors (Lipinski definition) is 1. The van der Waals surface area contributed by atoms with Gasteiger partial charge in [-0.25, -0.2) is 0 Å². The predicted octanol–water partition coefficient (Wildman–Crippen LogP) is 0.671. The number of hydrogen-bond acceptors (Lipinski definition) is 4. The van der Waals surface area contributed by atoms with E-state index in [0.29, 0.717) is 5.56 Å². The lowest BCUT2D eigenvalue weighted by molar-refractivity contribution is 0.135. The minimum absolute atomic E-state index is 0.149. The molecule has 1 unspecified atom stereocenters. The molecule has 4 heteroatoms. The van der Waals surface area contributed by atoms with E-state index in [-0.39, 0.29) is 12.6 Å². The van der Waals surface area contributed by atoms with Gasteiger partial charge in [0.25, 0.3) is 0 Å². The molecule has 0 radical (unpaired) electrons. The summed E-state index contributed by atoms with van der Waals surface area (Å²) in [6, 6.07) is 10.00. The lowest BCUT2D eigenvalue weighted by Crippen LogP contribution is -2.53. The molecule has 0 saturated carbocycles. The van der Waals surface area contributed by atoms with Crippen LogP contribution in [-0.2, 0) is 0 Å². The van der Waals surface area contributed by atoms with Crippen molar-refractivity contribution in [2.45, 2.75) is 6.04 Å². The summed E-state index contributed by atoms with van der Waals surface area (Å²) >= 11 is 0. The molecular weight excluding hydrogens is 214 g/mol. The number of benzene rings is 1. The Hall–Kier alpha value is -1.57. The van der Waals surface area contributed by atoms with Crippen LogP contribution in [0.2, 0.25) is 0 Å². The average molecular weight is 231 g/mol. The Labute approximate surface area is 102 Å². The van der Waals surface area contributed by atoms with Crippen LogP contribution in [0.5, 0.6) is 0 Å². The van der Waals surface area contributed by atoms with Gasteiger partial charge in [-0.05, 0) is 19.2 Å². The van der Waals surface area contributed by atoms with Gasteiger partial charge in [-0.1, -0.05) is 12.1 Å². The van der Waals surface area contributed by atoms with E-state index in [2.05, 4.69) is 15.9 Å². The molecule has 1 aliphatic rings. The van der Waals surface area contributed by atoms with Crippen molar-refractivity contribution in [3.8, 4) is 6.07 Å². The number of anilines is 1. The van der Waals surface area contributed by atoms with E-state index in [1.54, 1.807) is 0 Å². The normalized spacial score (nSPS) is 21.2. The van der Waals surface area contributed by atoms with Gasteiger partial charge in [0.05, 0.1) is 23.9 Å². The third kappa shape index (κ3) is 2.41. The fourth-order valence-corrected chi connectivity index (χ4v) is 2.21. The van der Waals surface area contributed by atoms with E-state index in [4.69, 9.17) is 5.26 Å². The maximum Gasteiger partial charge on any atom is 0.101 e. The summed E-state index contributed by atoms with van der Waals surface area (Å²) in [5, 5.41) is 18.4. The molecule has 0 aliphatic carbocycles. The zero-order valence-electron chi connectivity index (χ0n) is 10.0. The molecule has 0 aromatic heterocycles. The van der Waals surface area contributed by atoms with Crippen molar-refractivity contribution in [3.05, 3.63) is 29.8 Å². The van der Waals surface area contributed by atoms with Crippen LogP contribution >= 0.6 is 0 Å². The number of rotatable bonds is 2. The Morgan fingerprint density at radius 1 is 1.41 bits per heavy atom. The van der Waals surface area contributed by atoms with Crippen LogP contribution in [0.3, 0.4) is 0 Å². The molecule has 1 saturated heterocycles. The fourth-order valence-electron chi connectivity index (χ4n) is 2.21. The van der Waals surface area contributed by atoms with Crippen molar-refractivity contribution < 1.29 is 5.11 Å². The van der Waals surface area contributed by atoms with Crippen molar-refractivity contribution in [2.24, 2.45) is 0 Å². The minimum atomic E-state index is 0.149. The number of likely N-dealkylation sites (N-methyl/N-ethyl adjacent to an activating group) is 1. The topological polar surface area (TPSA) is 50.5 Å². The summed E-state index contributed by atoms with van der Waals surface area (Å²) in [5.41, 5.74) is 1.68. The van der Waals surface area contributed by atoms with Gasteiger partial charge in [0.15, 0.2) is 0 Å². The smallest absolute Gasteiger partial charge is 0.101 e. The van der Waals surface area contributed by atoms with Crippen molar-refractivity contribution >= 4 is 5.69 Å². The molecule has 4 nitrogen and oxygen atoms in total. The Morgan fingerprint density at radius 2 is 2.18 bits per heavy atom. The van der Waals surface area contributed by atoms with Crippen molar-refractivity contribution in [2.75, 3.05) is 38.2 Å². The molecular formula is C13H17N3O. The number of piperazine rings is 1. The molecule has 1 aliphatic heterocycles. The minimum Gasteiger partial charge on any atom is -0.395 e. The number of nitrogens with zero attached hydrogens (tertiary/aromatic N) is 3. The Kier molecular flexibility index (Phi) is 3.62. The van der Waals surface area contributed by atoms with Gasteiger partial charge < -0.3 is 10.0 Å². The second kappa shape index (κ2) is 5.17. The molecule has 1 N–H and O–H groups in total. The Bertz CT molecular complexity index is 427. The standard InChI is InChI=1S/C13H17N3O/c1-15-6-7-16(9-12(15)10-17)13-5-3-2-4-11(13)8-14/h2-5,12,17H,6-7,9-10H2,1H3. The molecule has 1 aromatic rings. The average Bonchev–Trinajstić information content (AvgIpc) is 2.39. The molecule has 1 aromatic carbocycles. The van der Waals surface area contributed by atoms with Gasteiger partial charge in [-0.3, -0.25) is 4.90 Å². The molecule has 0 amide bonds. The summed E-state index contributed by atoms with van der Waals surface area (Å²) in [6.45, 7) is 2.73. The van der Waals surface area contributed by atoms with Crippen LogP contribution in [-0.4, -0.2) is 49.3 Å². The van der Waals surface area contributed by atoms with Crippen LogP contribution in [0.25, 0.3) is 0 Å². The quantitative estimate of drug-likeness (QED) is 0.813. The van der Waals surface area contributed by atoms with E-state index in [0.717, 1.165) is 25.3 Å². The highest BCUT2D eigenvalue weighted by Gasteiger charge is 2.24. The Morgan fingerprint density at radius 3 is 2.88 bits per heavy atom. The van der Waals surface area contributed by atoms with Gasteiger partial charge in [0.1, 0.15) is 6.07 Å². The highest BCUT2D eigenvalue weighted by Crippen LogP contribution is 2.22. The Balaban J connectivity index is 2.21. The maximum absolute atomic E-state index is 9.32. The highest BCUT2D eigenvalue weighted by atomic mass is 16.3. The van der Waals surface area contributed by atoms with Gasteiger partial charge in [0.2, 0.25) is 0 Å². The van der Waals surface area contributed by atoms with Crippen molar-refractivity contribution in [1.29, 1.82) is 5.26 Å². The zero-order valence-corrected chi connectivity index (χ0v) is 10.0. The van der Waals surface area contributed by atoms with Gasteiger partial charge in [-0.2, -0.15) is 5.26 Å². The van der Waals surface area contributed by atoms with E-state index in [1.165, 1.54) is 0 Å². The molecule has 1 heterocycles. The maximum atomic E-state index is 9.32. The third-order valence-electron chi connectivity index (χ3n) is 3.35.